The van der Waals surface area contributed by atoms with Gasteiger partial charge in [-0.15, -0.1) is 0 Å². The van der Waals surface area contributed by atoms with Crippen LogP contribution in [0.1, 0.15) is 20.3 Å². The number of carboxylic acid groups (broad SMARTS) is 1. The van der Waals surface area contributed by atoms with E-state index in [9.17, 15) is 19.2 Å². The average Bonchev–Trinajstić information content (AvgIpc) is 2.26. The van der Waals surface area contributed by atoms with Gasteiger partial charge in [0.15, 0.2) is 0 Å². The van der Waals surface area contributed by atoms with Gasteiger partial charge < -0.3 is 27.2 Å². The Morgan fingerprint density at radius 2 is 1.63 bits per heavy atom. The van der Waals surface area contributed by atoms with Crippen LogP contribution in [-0.4, -0.2) is 46.9 Å². The smallest absolute Gasteiger partial charge is 0.325 e. The van der Waals surface area contributed by atoms with Crippen LogP contribution in [0.15, 0.2) is 0 Å². The van der Waals surface area contributed by atoms with Crippen LogP contribution < -0.4 is 22.1 Å². The molecule has 0 bridgehead atoms. The molecule has 3 atom stereocenters. The van der Waals surface area contributed by atoms with Crippen molar-refractivity contribution in [2.45, 2.75) is 38.4 Å². The molecule has 7 N–H and O–H groups in total. The molecule has 0 rings (SSSR count). The highest BCUT2D eigenvalue weighted by molar-refractivity contribution is 5.94. The molecule has 9 nitrogen and oxygen atoms in total. The summed E-state index contributed by atoms with van der Waals surface area (Å²) >= 11 is 0. The van der Waals surface area contributed by atoms with Gasteiger partial charge in [0.1, 0.15) is 12.1 Å². The lowest BCUT2D eigenvalue weighted by Crippen LogP contribution is -2.54. The van der Waals surface area contributed by atoms with Crippen LogP contribution in [0.4, 0.5) is 0 Å². The fourth-order valence-electron chi connectivity index (χ4n) is 1.09. The van der Waals surface area contributed by atoms with Crippen LogP contribution in [0.3, 0.4) is 0 Å². The van der Waals surface area contributed by atoms with Crippen molar-refractivity contribution in [3.05, 3.63) is 0 Å². The number of carbonyl (C=O) groups excluding carboxylic acids is 3. The fraction of sp³-hybridized carbons (Fsp3) is 0.600. The summed E-state index contributed by atoms with van der Waals surface area (Å²) in [5.41, 5.74) is 10.3. The Hall–Kier alpha value is -2.16. The third-order valence-corrected chi connectivity index (χ3v) is 2.18. The molecule has 0 heterocycles. The van der Waals surface area contributed by atoms with Gasteiger partial charge in [-0.1, -0.05) is 0 Å². The van der Waals surface area contributed by atoms with Gasteiger partial charge in [0, 0.05) is 0 Å². The van der Waals surface area contributed by atoms with Gasteiger partial charge in [0.05, 0.1) is 12.5 Å². The minimum atomic E-state index is -1.25. The first-order valence-corrected chi connectivity index (χ1v) is 5.52. The Labute approximate surface area is 109 Å². The summed E-state index contributed by atoms with van der Waals surface area (Å²) in [6.07, 6.45) is -0.448. The number of nitrogens with two attached hydrogens (primary N) is 2. The van der Waals surface area contributed by atoms with E-state index >= 15 is 0 Å². The molecule has 108 valence electrons. The number of primary amides is 1. The largest absolute Gasteiger partial charge is 0.480 e. The first kappa shape index (κ1) is 16.8. The van der Waals surface area contributed by atoms with Crippen molar-refractivity contribution in [3.8, 4) is 0 Å². The number of carbonyl (C=O) groups is 4. The zero-order chi connectivity index (χ0) is 15.2. The number of hydrogen-bond donors (Lipinski definition) is 5. The van der Waals surface area contributed by atoms with E-state index in [0.717, 1.165) is 0 Å². The lowest BCUT2D eigenvalue weighted by molar-refractivity contribution is -0.141. The van der Waals surface area contributed by atoms with Gasteiger partial charge in [-0.25, -0.2) is 0 Å². The van der Waals surface area contributed by atoms with E-state index in [2.05, 4.69) is 10.6 Å². The lowest BCUT2D eigenvalue weighted by Gasteiger charge is -2.19. The number of hydrogen-bond acceptors (Lipinski definition) is 5. The molecule has 0 saturated carbocycles. The Bertz CT molecular complexity index is 382. The van der Waals surface area contributed by atoms with E-state index in [-0.39, 0.29) is 0 Å². The SMILES string of the molecule is CC(N)C(=O)NC(CC(N)=O)C(=O)NC(C)C(=O)O. The van der Waals surface area contributed by atoms with E-state index < -0.39 is 48.2 Å². The first-order valence-electron chi connectivity index (χ1n) is 5.52. The van der Waals surface area contributed by atoms with Crippen molar-refractivity contribution in [3.63, 3.8) is 0 Å². The van der Waals surface area contributed by atoms with E-state index in [1.54, 1.807) is 0 Å². The number of carboxylic acids is 1. The molecule has 3 amide bonds. The van der Waals surface area contributed by atoms with Crippen molar-refractivity contribution in [1.29, 1.82) is 0 Å². The maximum absolute atomic E-state index is 11.7. The van der Waals surface area contributed by atoms with Crippen molar-refractivity contribution in [1.82, 2.24) is 10.6 Å². The Morgan fingerprint density at radius 1 is 1.11 bits per heavy atom. The minimum Gasteiger partial charge on any atom is -0.480 e. The summed E-state index contributed by atoms with van der Waals surface area (Å²) in [5, 5.41) is 13.0. The number of nitrogens with one attached hydrogen (secondary N) is 2. The van der Waals surface area contributed by atoms with Crippen LogP contribution in [-0.2, 0) is 19.2 Å². The molecule has 0 aromatic carbocycles. The average molecular weight is 274 g/mol. The second-order valence-corrected chi connectivity index (χ2v) is 4.09. The second kappa shape index (κ2) is 7.31. The second-order valence-electron chi connectivity index (χ2n) is 4.09. The first-order chi connectivity index (χ1) is 8.65. The fourth-order valence-corrected chi connectivity index (χ4v) is 1.09. The molecule has 19 heavy (non-hydrogen) atoms. The molecular weight excluding hydrogens is 256 g/mol. The monoisotopic (exact) mass is 274 g/mol. The summed E-state index contributed by atoms with van der Waals surface area (Å²) in [4.78, 5) is 44.5. The van der Waals surface area contributed by atoms with E-state index in [1.165, 1.54) is 13.8 Å². The highest BCUT2D eigenvalue weighted by Crippen LogP contribution is 1.95. The van der Waals surface area contributed by atoms with Crippen molar-refractivity contribution in [2.75, 3.05) is 0 Å². The van der Waals surface area contributed by atoms with Crippen molar-refractivity contribution < 1.29 is 24.3 Å². The summed E-state index contributed by atoms with van der Waals surface area (Å²) in [5.74, 6) is -3.52. The molecule has 0 aromatic rings. The summed E-state index contributed by atoms with van der Waals surface area (Å²) in [6.45, 7) is 2.64. The summed E-state index contributed by atoms with van der Waals surface area (Å²) < 4.78 is 0. The molecule has 0 spiro atoms. The molecule has 0 radical (unpaired) electrons. The van der Waals surface area contributed by atoms with Crippen LogP contribution in [0.5, 0.6) is 0 Å². The molecule has 0 fully saturated rings. The predicted octanol–water partition coefficient (Wildman–Crippen LogP) is -2.72. The molecule has 3 unspecified atom stereocenters. The number of rotatable bonds is 7. The molecular formula is C10H18N4O5. The standard InChI is InChI=1S/C10H18N4O5/c1-4(11)8(16)14-6(3-7(12)15)9(17)13-5(2)10(18)19/h4-6H,3,11H2,1-2H3,(H2,12,15)(H,13,17)(H,14,16)(H,18,19). The van der Waals surface area contributed by atoms with Crippen molar-refractivity contribution >= 4 is 23.7 Å². The van der Waals surface area contributed by atoms with Gasteiger partial charge >= 0.3 is 5.97 Å². The Balaban J connectivity index is 4.74. The van der Waals surface area contributed by atoms with Gasteiger partial charge in [-0.3, -0.25) is 19.2 Å². The van der Waals surface area contributed by atoms with E-state index in [4.69, 9.17) is 16.6 Å². The number of aliphatic carboxylic acids is 1. The number of amides is 3. The third kappa shape index (κ3) is 6.36. The summed E-state index contributed by atoms with van der Waals surface area (Å²) in [6, 6.07) is -3.28. The van der Waals surface area contributed by atoms with Crippen LogP contribution in [0, 0.1) is 0 Å². The topological polar surface area (TPSA) is 165 Å². The van der Waals surface area contributed by atoms with Gasteiger partial charge in [0.2, 0.25) is 17.7 Å². The predicted molar refractivity (Wildman–Crippen MR) is 64.6 cm³/mol. The molecule has 0 aromatic heterocycles. The highest BCUT2D eigenvalue weighted by Gasteiger charge is 2.26. The summed E-state index contributed by atoms with van der Waals surface area (Å²) in [7, 11) is 0. The van der Waals surface area contributed by atoms with Crippen LogP contribution >= 0.6 is 0 Å². The molecule has 9 heteroatoms. The molecule has 0 saturated heterocycles. The van der Waals surface area contributed by atoms with Gasteiger partial charge in [-0.05, 0) is 13.8 Å². The zero-order valence-corrected chi connectivity index (χ0v) is 10.7. The quantitative estimate of drug-likeness (QED) is 0.338. The van der Waals surface area contributed by atoms with E-state index in [1.807, 2.05) is 0 Å². The van der Waals surface area contributed by atoms with Gasteiger partial charge in [-0.2, -0.15) is 0 Å². The molecule has 0 aliphatic heterocycles. The highest BCUT2D eigenvalue weighted by atomic mass is 16.4. The molecule has 0 aliphatic rings. The minimum absolute atomic E-state index is 0.448. The zero-order valence-electron chi connectivity index (χ0n) is 10.7. The normalized spacial score (nSPS) is 14.9. The Morgan fingerprint density at radius 3 is 2.00 bits per heavy atom. The van der Waals surface area contributed by atoms with E-state index in [0.29, 0.717) is 0 Å². The maximum Gasteiger partial charge on any atom is 0.325 e. The third-order valence-electron chi connectivity index (χ3n) is 2.18. The molecule has 0 aliphatic carbocycles. The Kier molecular flexibility index (Phi) is 6.48. The maximum atomic E-state index is 11.7. The van der Waals surface area contributed by atoms with Gasteiger partial charge in [0.25, 0.3) is 0 Å². The van der Waals surface area contributed by atoms with Crippen molar-refractivity contribution in [2.24, 2.45) is 11.5 Å². The van der Waals surface area contributed by atoms with Crippen LogP contribution in [0.25, 0.3) is 0 Å². The lowest BCUT2D eigenvalue weighted by atomic mass is 10.1. The van der Waals surface area contributed by atoms with Crippen LogP contribution in [0.2, 0.25) is 0 Å².